The number of carbonyl (C=O) groups is 1. The van der Waals surface area contributed by atoms with Crippen molar-refractivity contribution >= 4 is 5.91 Å². The third-order valence-corrected chi connectivity index (χ3v) is 4.29. The summed E-state index contributed by atoms with van der Waals surface area (Å²) >= 11 is 0. The predicted molar refractivity (Wildman–Crippen MR) is 94.9 cm³/mol. The fraction of sp³-hybridized carbons (Fsp3) is 0.421. The number of rotatable bonds is 7. The van der Waals surface area contributed by atoms with Gasteiger partial charge in [-0.1, -0.05) is 12.1 Å². The molecule has 0 saturated carbocycles. The minimum Gasteiger partial charge on any atom is -0.379 e. The molecule has 2 aromatic rings. The van der Waals surface area contributed by atoms with Gasteiger partial charge in [0.15, 0.2) is 0 Å². The Kier molecular flexibility index (Phi) is 6.48. The smallest absolute Gasteiger partial charge is 0.242 e. The van der Waals surface area contributed by atoms with Gasteiger partial charge in [-0.15, -0.1) is 0 Å². The molecule has 1 saturated heterocycles. The second kappa shape index (κ2) is 9.25. The monoisotopic (exact) mass is 340 g/mol. The van der Waals surface area contributed by atoms with Crippen LogP contribution in [0.5, 0.6) is 0 Å². The quantitative estimate of drug-likeness (QED) is 0.776. The number of amides is 1. The first-order chi connectivity index (χ1) is 12.3. The molecule has 1 amide bonds. The third-order valence-electron chi connectivity index (χ3n) is 4.29. The van der Waals surface area contributed by atoms with E-state index in [1.807, 2.05) is 30.3 Å². The standard InChI is InChI=1S/C19H24N4O2/c24-19(22-10-4-7-17-6-1-2-9-21-17)18(16-5-3-8-20-15-16)23-11-13-25-14-12-23/h1-3,5-6,8-9,15,18H,4,7,10-14H2,(H,22,24). The zero-order valence-corrected chi connectivity index (χ0v) is 14.3. The lowest BCUT2D eigenvalue weighted by Gasteiger charge is -2.33. The SMILES string of the molecule is O=C(NCCCc1ccccn1)C(c1cccnc1)N1CCOCC1. The molecule has 0 bridgehead atoms. The van der Waals surface area contributed by atoms with Crippen molar-refractivity contribution < 1.29 is 9.53 Å². The predicted octanol–water partition coefficient (Wildman–Crippen LogP) is 1.60. The van der Waals surface area contributed by atoms with E-state index in [0.717, 1.165) is 37.2 Å². The van der Waals surface area contributed by atoms with Gasteiger partial charge in [0.2, 0.25) is 5.91 Å². The Labute approximate surface area is 148 Å². The van der Waals surface area contributed by atoms with Crippen molar-refractivity contribution in [3.63, 3.8) is 0 Å². The average Bonchev–Trinajstić information content (AvgIpc) is 2.68. The normalized spacial score (nSPS) is 16.3. The van der Waals surface area contributed by atoms with Crippen LogP contribution in [0.4, 0.5) is 0 Å². The fourth-order valence-corrected chi connectivity index (χ4v) is 3.03. The Hall–Kier alpha value is -2.31. The van der Waals surface area contributed by atoms with Crippen LogP contribution in [0.25, 0.3) is 0 Å². The molecular formula is C19H24N4O2. The number of aryl methyl sites for hydroxylation is 1. The van der Waals surface area contributed by atoms with Crippen molar-refractivity contribution in [1.82, 2.24) is 20.2 Å². The van der Waals surface area contributed by atoms with Gasteiger partial charge in [0, 0.05) is 43.9 Å². The first-order valence-corrected chi connectivity index (χ1v) is 8.74. The van der Waals surface area contributed by atoms with Crippen LogP contribution >= 0.6 is 0 Å². The van der Waals surface area contributed by atoms with Gasteiger partial charge in [-0.25, -0.2) is 0 Å². The maximum Gasteiger partial charge on any atom is 0.242 e. The van der Waals surface area contributed by atoms with E-state index in [1.54, 1.807) is 18.6 Å². The Balaban J connectivity index is 1.57. The van der Waals surface area contributed by atoms with Gasteiger partial charge in [0.05, 0.1) is 13.2 Å². The molecule has 0 aromatic carbocycles. The van der Waals surface area contributed by atoms with Crippen LogP contribution in [-0.2, 0) is 16.0 Å². The Bertz CT molecular complexity index is 645. The molecule has 3 rings (SSSR count). The molecule has 6 nitrogen and oxygen atoms in total. The lowest BCUT2D eigenvalue weighted by atomic mass is 10.1. The van der Waals surface area contributed by atoms with Crippen LogP contribution in [0.3, 0.4) is 0 Å². The van der Waals surface area contributed by atoms with Crippen LogP contribution in [0.1, 0.15) is 23.7 Å². The van der Waals surface area contributed by atoms with Crippen LogP contribution < -0.4 is 5.32 Å². The molecule has 132 valence electrons. The number of carbonyl (C=O) groups excluding carboxylic acids is 1. The number of nitrogens with zero attached hydrogens (tertiary/aromatic N) is 3. The lowest BCUT2D eigenvalue weighted by Crippen LogP contribution is -2.46. The van der Waals surface area contributed by atoms with Crippen molar-refractivity contribution in [3.05, 3.63) is 60.2 Å². The van der Waals surface area contributed by atoms with Crippen molar-refractivity contribution in [2.75, 3.05) is 32.8 Å². The van der Waals surface area contributed by atoms with E-state index in [2.05, 4.69) is 20.2 Å². The molecule has 0 aliphatic carbocycles. The highest BCUT2D eigenvalue weighted by atomic mass is 16.5. The van der Waals surface area contributed by atoms with Crippen molar-refractivity contribution in [2.24, 2.45) is 0 Å². The highest BCUT2D eigenvalue weighted by Gasteiger charge is 2.28. The summed E-state index contributed by atoms with van der Waals surface area (Å²) in [5.41, 5.74) is 1.97. The molecule has 0 radical (unpaired) electrons. The molecule has 1 N–H and O–H groups in total. The molecule has 1 aliphatic rings. The molecule has 2 aromatic heterocycles. The summed E-state index contributed by atoms with van der Waals surface area (Å²) < 4.78 is 5.42. The molecular weight excluding hydrogens is 316 g/mol. The van der Waals surface area contributed by atoms with Crippen LogP contribution in [0, 0.1) is 0 Å². The second-order valence-corrected chi connectivity index (χ2v) is 6.05. The van der Waals surface area contributed by atoms with Gasteiger partial charge in [0.1, 0.15) is 6.04 Å². The molecule has 25 heavy (non-hydrogen) atoms. The van der Waals surface area contributed by atoms with Crippen LogP contribution in [-0.4, -0.2) is 53.6 Å². The first kappa shape index (κ1) is 17.5. The summed E-state index contributed by atoms with van der Waals surface area (Å²) in [4.78, 5) is 23.5. The zero-order valence-electron chi connectivity index (χ0n) is 14.3. The first-order valence-electron chi connectivity index (χ1n) is 8.74. The summed E-state index contributed by atoms with van der Waals surface area (Å²) in [5.74, 6) is 0.0240. The number of nitrogens with one attached hydrogen (secondary N) is 1. The molecule has 1 atom stereocenters. The van der Waals surface area contributed by atoms with E-state index in [0.29, 0.717) is 19.8 Å². The van der Waals surface area contributed by atoms with Crippen LogP contribution in [0.2, 0.25) is 0 Å². The van der Waals surface area contributed by atoms with E-state index >= 15 is 0 Å². The molecule has 1 aliphatic heterocycles. The summed E-state index contributed by atoms with van der Waals surface area (Å²) in [6.45, 7) is 3.45. The van der Waals surface area contributed by atoms with E-state index in [1.165, 1.54) is 0 Å². The highest BCUT2D eigenvalue weighted by molar-refractivity contribution is 5.83. The van der Waals surface area contributed by atoms with Gasteiger partial charge in [-0.3, -0.25) is 19.7 Å². The number of hydrogen-bond acceptors (Lipinski definition) is 5. The molecule has 3 heterocycles. The number of morpholine rings is 1. The minimum atomic E-state index is -0.313. The lowest BCUT2D eigenvalue weighted by molar-refractivity contribution is -0.128. The average molecular weight is 340 g/mol. The summed E-state index contributed by atoms with van der Waals surface area (Å²) in [7, 11) is 0. The van der Waals surface area contributed by atoms with E-state index in [9.17, 15) is 4.79 Å². The van der Waals surface area contributed by atoms with Gasteiger partial charge >= 0.3 is 0 Å². The Morgan fingerprint density at radius 1 is 1.20 bits per heavy atom. The summed E-state index contributed by atoms with van der Waals surface area (Å²) in [6, 6.07) is 9.42. The Morgan fingerprint density at radius 2 is 2.08 bits per heavy atom. The summed E-state index contributed by atoms with van der Waals surface area (Å²) in [6.07, 6.45) is 7.02. The molecule has 0 spiro atoms. The van der Waals surface area contributed by atoms with Crippen molar-refractivity contribution in [1.29, 1.82) is 0 Å². The van der Waals surface area contributed by atoms with Crippen molar-refractivity contribution in [3.8, 4) is 0 Å². The van der Waals surface area contributed by atoms with Gasteiger partial charge in [-0.2, -0.15) is 0 Å². The number of ether oxygens (including phenoxy) is 1. The molecule has 1 fully saturated rings. The molecule has 6 heteroatoms. The molecule has 1 unspecified atom stereocenters. The van der Waals surface area contributed by atoms with Crippen LogP contribution in [0.15, 0.2) is 48.9 Å². The zero-order chi connectivity index (χ0) is 17.3. The summed E-state index contributed by atoms with van der Waals surface area (Å²) in [5, 5.41) is 3.07. The second-order valence-electron chi connectivity index (χ2n) is 6.05. The van der Waals surface area contributed by atoms with E-state index in [-0.39, 0.29) is 11.9 Å². The Morgan fingerprint density at radius 3 is 2.80 bits per heavy atom. The van der Waals surface area contributed by atoms with E-state index < -0.39 is 0 Å². The highest BCUT2D eigenvalue weighted by Crippen LogP contribution is 2.21. The van der Waals surface area contributed by atoms with E-state index in [4.69, 9.17) is 4.74 Å². The number of aromatic nitrogens is 2. The topological polar surface area (TPSA) is 67.4 Å². The maximum absolute atomic E-state index is 12.8. The number of pyridine rings is 2. The number of hydrogen-bond donors (Lipinski definition) is 1. The third kappa shape index (κ3) is 5.08. The largest absolute Gasteiger partial charge is 0.379 e. The fourth-order valence-electron chi connectivity index (χ4n) is 3.03. The van der Waals surface area contributed by atoms with Crippen molar-refractivity contribution in [2.45, 2.75) is 18.9 Å². The maximum atomic E-state index is 12.8. The van der Waals surface area contributed by atoms with Gasteiger partial charge in [0.25, 0.3) is 0 Å². The van der Waals surface area contributed by atoms with Gasteiger partial charge in [-0.05, 0) is 36.6 Å². The van der Waals surface area contributed by atoms with Gasteiger partial charge < -0.3 is 10.1 Å². The minimum absolute atomic E-state index is 0.0240.